The maximum absolute atomic E-state index is 3.34. The van der Waals surface area contributed by atoms with Crippen molar-refractivity contribution < 1.29 is 0 Å². The lowest BCUT2D eigenvalue weighted by atomic mass is 9.25. The Bertz CT molecular complexity index is 2690. The van der Waals surface area contributed by atoms with Crippen molar-refractivity contribution in [2.24, 2.45) is 0 Å². The molecule has 11 rings (SSSR count). The molecule has 0 aromatic rings. The van der Waals surface area contributed by atoms with E-state index in [1.807, 2.05) is 0 Å². The summed E-state index contributed by atoms with van der Waals surface area (Å²) < 4.78 is 74.4. The van der Waals surface area contributed by atoms with E-state index in [1.54, 1.807) is 0 Å². The van der Waals surface area contributed by atoms with Crippen molar-refractivity contribution in [1.29, 1.82) is 0 Å². The van der Waals surface area contributed by atoms with Gasteiger partial charge in [-0.2, -0.15) is 0 Å². The molecule has 24 nitrogen and oxygen atoms in total. The van der Waals surface area contributed by atoms with Crippen LogP contribution in [0.4, 0.5) is 0 Å². The first-order valence-corrected chi connectivity index (χ1v) is 45.5. The topological polar surface area (TPSA) is 77.8 Å². The smallest absolute Gasteiger partial charge is 0.364 e. The molecule has 48 heteroatoms. The molecule has 570 valence electrons. The summed E-state index contributed by atoms with van der Waals surface area (Å²) in [7, 11) is 5.01. The van der Waals surface area contributed by atoms with E-state index < -0.39 is 0 Å². The van der Waals surface area contributed by atoms with Crippen molar-refractivity contribution in [2.75, 3.05) is 106 Å². The maximum Gasteiger partial charge on any atom is 0.364 e. The molecule has 7 unspecified atom stereocenters. The Morgan fingerprint density at radius 1 is 0.189 bits per heavy atom. The van der Waals surface area contributed by atoms with Crippen LogP contribution < -0.4 is 0 Å². The van der Waals surface area contributed by atoms with Crippen LogP contribution in [-0.2, 0) is 0 Å². The monoisotopic (exact) mass is 1440 g/mol. The average molecular weight is 1440 g/mol. The summed E-state index contributed by atoms with van der Waals surface area (Å²) >= 11 is 0. The molecule has 0 aromatic carbocycles. The molecule has 11 heterocycles. The summed E-state index contributed by atoms with van der Waals surface area (Å²) in [5, 5.41) is 0. The van der Waals surface area contributed by atoms with E-state index in [9.17, 15) is 0 Å². The number of nitrogens with zero attached hydrogens (tertiary/aromatic N) is 24. The van der Waals surface area contributed by atoms with Crippen molar-refractivity contribution in [3.8, 4) is 0 Å². The Labute approximate surface area is 665 Å². The lowest BCUT2D eigenvalue weighted by molar-refractivity contribution is 0.352. The van der Waals surface area contributed by atoms with E-state index in [4.69, 9.17) is 0 Å². The summed E-state index contributed by atoms with van der Waals surface area (Å²) in [6, 6.07) is 0. The van der Waals surface area contributed by atoms with E-state index in [0.29, 0.717) is 14.0 Å². The second kappa shape index (κ2) is 38.8. The van der Waals surface area contributed by atoms with Gasteiger partial charge in [-0.05, 0) is 194 Å². The van der Waals surface area contributed by atoms with Crippen LogP contribution in [0.15, 0.2) is 0 Å². The highest BCUT2D eigenvalue weighted by molar-refractivity contribution is 7.12. The van der Waals surface area contributed by atoms with Gasteiger partial charge in [0.25, 0.3) is 112 Å². The molecular weight excluding hydrogens is 1290 g/mol. The third-order valence-electron chi connectivity index (χ3n) is 29.4. The molecular formula is C58H146B24N24. The van der Waals surface area contributed by atoms with Crippen LogP contribution in [-0.4, -0.2) is 387 Å². The van der Waals surface area contributed by atoms with Crippen molar-refractivity contribution in [1.82, 2.24) is 113 Å². The van der Waals surface area contributed by atoms with E-state index in [1.165, 1.54) is 0 Å². The Hall–Kier alpha value is 0.598. The molecule has 0 radical (unpaired) electrons. The number of hydrogen-bond donors (Lipinski definition) is 0. The van der Waals surface area contributed by atoms with Gasteiger partial charge in [0.15, 0.2) is 0 Å². The molecule has 0 amide bonds. The van der Waals surface area contributed by atoms with Crippen LogP contribution >= 0.6 is 0 Å². The van der Waals surface area contributed by atoms with Crippen molar-refractivity contribution >= 4 is 169 Å². The van der Waals surface area contributed by atoms with Crippen LogP contribution in [0.2, 0.25) is 102 Å². The average Bonchev–Trinajstić information content (AvgIpc) is 0.693. The van der Waals surface area contributed by atoms with Crippen LogP contribution in [0.25, 0.3) is 0 Å². The third-order valence-corrected chi connectivity index (χ3v) is 29.4. The first-order chi connectivity index (χ1) is 51.3. The first-order valence-electron chi connectivity index (χ1n) is 45.5. The Kier molecular flexibility index (Phi) is 32.5. The summed E-state index contributed by atoms with van der Waals surface area (Å²) in [6.07, 6.45) is 14.6. The third kappa shape index (κ3) is 14.2. The quantitative estimate of drug-likeness (QED) is 0.0976. The Morgan fingerprint density at radius 3 is 0.774 bits per heavy atom. The molecule has 0 spiro atoms. The van der Waals surface area contributed by atoms with Crippen LogP contribution in [0.3, 0.4) is 0 Å². The fourth-order valence-corrected chi connectivity index (χ4v) is 25.8. The zero-order chi connectivity index (χ0) is 77.5. The van der Waals surface area contributed by atoms with Gasteiger partial charge < -0.3 is 113 Å². The second-order valence-corrected chi connectivity index (χ2v) is 32.8. The number of rotatable bonds is 28. The standard InChI is InChI=1S/C58H146B24N24/c1-31-61-84(30)75-94(53-23)77(90(61)49-19)102-68(38-8)89(48-18)69(39-9)103-74(102)57-58-98-81(103)96(55-25)80(101-66(36-6)86(45-15)59(27)87(46-16)67(101)37-7)97(56-26)82(98)106-72(42-12)104(76-88(47-17)60(28)85(44-14)64(34-4)91(76)50-20)71(41-11)105(73(106)43-13)79-93(52-22)65(35-5)92(51-21)78(95(79)54-24)100-63(33-3)83(29)62(32-2)99(75)70(100)40-10/h31-58H2,1-30H3. The van der Waals surface area contributed by atoms with Gasteiger partial charge in [-0.3, -0.25) is 0 Å². The zero-order valence-electron chi connectivity index (χ0n) is 74.4. The van der Waals surface area contributed by atoms with Gasteiger partial charge >= 0.3 is 56.9 Å². The van der Waals surface area contributed by atoms with E-state index in [0.717, 1.165) is 180 Å². The molecule has 0 N–H and O–H groups in total. The van der Waals surface area contributed by atoms with E-state index in [-0.39, 0.29) is 155 Å². The molecule has 0 aromatic heterocycles. The summed E-state index contributed by atoms with van der Waals surface area (Å²) in [5.41, 5.74) is 0. The summed E-state index contributed by atoms with van der Waals surface area (Å²) in [6.45, 7) is 88.0. The summed E-state index contributed by atoms with van der Waals surface area (Å²) in [5.74, 6) is 0. The van der Waals surface area contributed by atoms with Gasteiger partial charge in [-0.25, -0.2) is 0 Å². The molecule has 0 aliphatic carbocycles. The highest BCUT2D eigenvalue weighted by Gasteiger charge is 2.75. The first kappa shape index (κ1) is 89.0. The van der Waals surface area contributed by atoms with Crippen molar-refractivity contribution in [3.63, 3.8) is 0 Å². The van der Waals surface area contributed by atoms with Gasteiger partial charge in [0, 0.05) is 0 Å². The van der Waals surface area contributed by atoms with Crippen LogP contribution in [0.1, 0.15) is 180 Å². The minimum atomic E-state index is -0.0793. The lowest BCUT2D eigenvalue weighted by Gasteiger charge is -2.72. The molecule has 11 aliphatic heterocycles. The van der Waals surface area contributed by atoms with Gasteiger partial charge in [0.1, 0.15) is 0 Å². The highest BCUT2D eigenvalue weighted by atomic mass is 15.6. The minimum absolute atomic E-state index is 0.00491. The van der Waals surface area contributed by atoms with Crippen molar-refractivity contribution in [3.05, 3.63) is 0 Å². The summed E-state index contributed by atoms with van der Waals surface area (Å²) in [4.78, 5) is 0. The van der Waals surface area contributed by atoms with Gasteiger partial charge in [0.05, 0.1) is 0 Å². The lowest BCUT2D eigenvalue weighted by Crippen LogP contribution is -3.00. The van der Waals surface area contributed by atoms with Gasteiger partial charge in [-0.15, -0.1) is 0 Å². The fourth-order valence-electron chi connectivity index (χ4n) is 25.8. The van der Waals surface area contributed by atoms with Crippen molar-refractivity contribution in [2.45, 2.75) is 282 Å². The van der Waals surface area contributed by atoms with Gasteiger partial charge in [-0.1, -0.05) is 194 Å². The Morgan fingerprint density at radius 2 is 0.415 bits per heavy atom. The molecule has 106 heavy (non-hydrogen) atoms. The molecule has 0 saturated carbocycles. The number of hydrogen-bond acceptors (Lipinski definition) is 24. The molecule has 11 saturated heterocycles. The Balaban J connectivity index is 1.43. The maximum atomic E-state index is 3.34. The molecule has 11 aliphatic rings. The highest BCUT2D eigenvalue weighted by Crippen LogP contribution is 2.46. The SMILES string of the molecule is CCB1N(C)B2N(CC)B(N1CC)N1B(CC)N(CC)B(CC)N3B4N(CC)B(N5B(CC)N(CC)B(C)N(CC)B5CC)N(CC)B(N4CCB13)N1B(CC)N(B3N(CC)B(C)N(CC)B(CC)N3CC)B(CC)N(B3N(CC)B(CC)N(CC)B(N3CC)N3B(CC)N(C)B(CC)N2B3CC)B1CC. The molecule has 7 atom stereocenters. The largest absolute Gasteiger partial charge is 0.373 e. The van der Waals surface area contributed by atoms with Gasteiger partial charge in [0.2, 0.25) is 0 Å². The zero-order valence-corrected chi connectivity index (χ0v) is 74.4. The van der Waals surface area contributed by atoms with Crippen LogP contribution in [0, 0.1) is 0 Å². The predicted molar refractivity (Wildman–Crippen MR) is 489 cm³/mol. The second-order valence-electron chi connectivity index (χ2n) is 32.8. The molecule has 11 fully saturated rings. The van der Waals surface area contributed by atoms with E-state index in [2.05, 4.69) is 320 Å². The van der Waals surface area contributed by atoms with E-state index >= 15 is 0 Å². The predicted octanol–water partition coefficient (Wildman–Crippen LogP) is 5.10. The minimum Gasteiger partial charge on any atom is -0.373 e. The molecule has 14 bridgehead atoms. The normalized spacial score (nSPS) is 28.2. The number of fused-ring (bicyclic) bond motifs is 1. The van der Waals surface area contributed by atoms with Crippen LogP contribution in [0.5, 0.6) is 0 Å². The fraction of sp³-hybridized carbons (Fsp3) is 1.00.